The molecule has 1 aromatic carbocycles. The van der Waals surface area contributed by atoms with Gasteiger partial charge in [-0.3, -0.25) is 43.7 Å². The molecule has 5 amide bonds. The normalized spacial score (nSPS) is 24.5. The molecule has 1 aromatic rings. The molecule has 296 valence electrons. The second-order valence-corrected chi connectivity index (χ2v) is 17.3. The van der Waals surface area contributed by atoms with Crippen molar-refractivity contribution in [2.24, 2.45) is 16.8 Å². The van der Waals surface area contributed by atoms with Crippen LogP contribution in [0.15, 0.2) is 47.1 Å². The second-order valence-electron chi connectivity index (χ2n) is 15.4. The highest BCUT2D eigenvalue weighted by atomic mass is 32.2. The molecule has 6 rings (SSSR count). The molecular formula is C37H45FN6O10S. The zero-order valence-electron chi connectivity index (χ0n) is 30.9. The Kier molecular flexibility index (Phi) is 11.2. The van der Waals surface area contributed by atoms with Gasteiger partial charge >= 0.3 is 12.2 Å². The quantitative estimate of drug-likeness (QED) is 0.386. The van der Waals surface area contributed by atoms with Gasteiger partial charge in [-0.2, -0.15) is 0 Å². The van der Waals surface area contributed by atoms with Gasteiger partial charge in [0.15, 0.2) is 12.0 Å². The number of benzene rings is 1. The first-order chi connectivity index (χ1) is 25.9. The minimum Gasteiger partial charge on any atom is -0.443 e. The Hall–Kier alpha value is -5.13. The summed E-state index contributed by atoms with van der Waals surface area (Å²) in [4.78, 5) is 87.8. The molecule has 2 fully saturated rings. The largest absolute Gasteiger partial charge is 0.443 e. The Balaban J connectivity index is 1.34. The van der Waals surface area contributed by atoms with Crippen LogP contribution in [-0.2, 0) is 51.8 Å². The van der Waals surface area contributed by atoms with Gasteiger partial charge in [-0.25, -0.2) is 27.8 Å². The molecular weight excluding hydrogens is 740 g/mol. The first-order valence-corrected chi connectivity index (χ1v) is 19.8. The molecule has 1 saturated carbocycles. The number of aliphatic imine (C=N–C) groups is 1. The van der Waals surface area contributed by atoms with Crippen LogP contribution in [0.4, 0.5) is 14.0 Å². The van der Waals surface area contributed by atoms with Gasteiger partial charge in [0.2, 0.25) is 27.7 Å². The summed E-state index contributed by atoms with van der Waals surface area (Å²) in [5, 5.41) is 0.291. The van der Waals surface area contributed by atoms with Crippen LogP contribution in [0.1, 0.15) is 83.3 Å². The summed E-state index contributed by atoms with van der Waals surface area (Å²) in [6, 6.07) is 3.24. The fourth-order valence-corrected chi connectivity index (χ4v) is 8.32. The van der Waals surface area contributed by atoms with Gasteiger partial charge in [0.05, 0.1) is 23.8 Å². The lowest BCUT2D eigenvalue weighted by Crippen LogP contribution is -2.51. The maximum atomic E-state index is 14.6. The van der Waals surface area contributed by atoms with E-state index in [9.17, 15) is 41.6 Å². The van der Waals surface area contributed by atoms with Crippen LogP contribution in [-0.4, -0.2) is 94.8 Å². The van der Waals surface area contributed by atoms with Crippen LogP contribution in [0.2, 0.25) is 0 Å². The van der Waals surface area contributed by atoms with Gasteiger partial charge in [-0.15, -0.1) is 0 Å². The average molecular weight is 785 g/mol. The fourth-order valence-electron chi connectivity index (χ4n) is 6.96. The molecule has 0 spiro atoms. The molecule has 5 aliphatic rings. The first-order valence-electron chi connectivity index (χ1n) is 18.2. The maximum Gasteiger partial charge on any atom is 0.426 e. The number of allylic oxidation sites excluding steroid dienone is 3. The van der Waals surface area contributed by atoms with Gasteiger partial charge in [0.1, 0.15) is 11.4 Å². The van der Waals surface area contributed by atoms with Gasteiger partial charge in [-0.1, -0.05) is 18.7 Å². The van der Waals surface area contributed by atoms with E-state index in [4.69, 9.17) is 9.47 Å². The minimum atomic E-state index is -4.00. The monoisotopic (exact) mass is 784 g/mol. The molecule has 3 aliphatic heterocycles. The van der Waals surface area contributed by atoms with Crippen LogP contribution in [0.5, 0.6) is 0 Å². The van der Waals surface area contributed by atoms with E-state index in [1.54, 1.807) is 26.8 Å². The third-order valence-electron chi connectivity index (χ3n) is 10.1. The number of amides is 5. The number of carbonyl (C=O) groups is 6. The number of nitrogens with one attached hydrogen (secondary N) is 2. The van der Waals surface area contributed by atoms with Crippen molar-refractivity contribution in [1.82, 2.24) is 25.0 Å². The Morgan fingerprint density at radius 2 is 1.78 bits per heavy atom. The highest BCUT2D eigenvalue weighted by molar-refractivity contribution is 7.90. The molecule has 0 radical (unpaired) electrons. The highest BCUT2D eigenvalue weighted by Gasteiger charge is 2.49. The fraction of sp³-hybridized carbons (Fsp3) is 0.541. The molecule has 2 N–H and O–H groups in total. The molecule has 3 heterocycles. The molecule has 16 nitrogen and oxygen atoms in total. The average Bonchev–Trinajstić information content (AvgIpc) is 4.02. The van der Waals surface area contributed by atoms with E-state index in [1.807, 2.05) is 0 Å². The van der Waals surface area contributed by atoms with Crippen molar-refractivity contribution in [1.29, 1.82) is 0 Å². The standard InChI is InChI=1S/C37H45FN6O10S/c1-5-30(45)21-13-14-43(40-35(49)54-37(2,3)4)31(46)11-12-33(53-36(50)42-19-22-7-6-8-27(38)26(22)20-42)44-29(18-39-28-16-23(28)15-21)25(17-32(44)47)34(48)41-55(51,52)24-9-10-24/h5-8,18,21,24-25,29,33H,1,9-17,19-20H2,2-4H3,(H,40,49)(H,41,48)/t21?,25-,29+,33+/m0/s1. The van der Waals surface area contributed by atoms with E-state index in [2.05, 4.69) is 21.7 Å². The van der Waals surface area contributed by atoms with Gasteiger partial charge < -0.3 is 9.47 Å². The number of hydrogen-bond acceptors (Lipinski definition) is 11. The van der Waals surface area contributed by atoms with Crippen molar-refractivity contribution >= 4 is 51.9 Å². The van der Waals surface area contributed by atoms with E-state index in [0.29, 0.717) is 36.1 Å². The van der Waals surface area contributed by atoms with Crippen LogP contribution < -0.4 is 10.1 Å². The van der Waals surface area contributed by atoms with E-state index in [-0.39, 0.29) is 44.7 Å². The van der Waals surface area contributed by atoms with Gasteiger partial charge in [0, 0.05) is 62.2 Å². The number of ketones is 1. The van der Waals surface area contributed by atoms with Crippen molar-refractivity contribution in [3.8, 4) is 0 Å². The summed E-state index contributed by atoms with van der Waals surface area (Å²) >= 11 is 0. The van der Waals surface area contributed by atoms with E-state index in [0.717, 1.165) is 15.5 Å². The second kappa shape index (κ2) is 15.5. The van der Waals surface area contributed by atoms with Crippen molar-refractivity contribution < 1.29 is 51.0 Å². The summed E-state index contributed by atoms with van der Waals surface area (Å²) in [5.74, 6) is -4.96. The first kappa shape index (κ1) is 39.6. The number of halogens is 1. The number of ether oxygens (including phenoxy) is 2. The molecule has 1 saturated heterocycles. The Morgan fingerprint density at radius 1 is 1.04 bits per heavy atom. The maximum absolute atomic E-state index is 14.6. The molecule has 18 heteroatoms. The number of nitrogens with zero attached hydrogens (tertiary/aromatic N) is 4. The van der Waals surface area contributed by atoms with Gasteiger partial charge in [0.25, 0.3) is 0 Å². The summed E-state index contributed by atoms with van der Waals surface area (Å²) in [6.07, 6.45) is -0.452. The Labute approximate surface area is 318 Å². The van der Waals surface area contributed by atoms with Crippen LogP contribution in [0.3, 0.4) is 0 Å². The highest BCUT2D eigenvalue weighted by Crippen LogP contribution is 2.39. The van der Waals surface area contributed by atoms with Crippen LogP contribution >= 0.6 is 0 Å². The molecule has 1 unspecified atom stereocenters. The number of sulfonamides is 1. The summed E-state index contributed by atoms with van der Waals surface area (Å²) < 4.78 is 53.6. The third-order valence-corrected chi connectivity index (χ3v) is 11.9. The summed E-state index contributed by atoms with van der Waals surface area (Å²) in [5.41, 5.74) is 3.81. The van der Waals surface area contributed by atoms with E-state index >= 15 is 0 Å². The predicted octanol–water partition coefficient (Wildman–Crippen LogP) is 3.37. The number of carbonyl (C=O) groups excluding carboxylic acids is 6. The molecule has 0 bridgehead atoms. The SMILES string of the molecule is C=CC(=O)C1CCN(NC(=O)OC(C)(C)C)C(=O)CC[C@@H](OC(=O)N2Cc3cccc(F)c3C2)N2C(=O)C[C@H](C(=O)NS(=O)(=O)C3CC3)[C@H]2C=NC2=C(C2)C1. The zero-order chi connectivity index (χ0) is 39.8. The van der Waals surface area contributed by atoms with Crippen molar-refractivity contribution in [2.75, 3.05) is 6.54 Å². The smallest absolute Gasteiger partial charge is 0.426 e. The predicted molar refractivity (Wildman–Crippen MR) is 193 cm³/mol. The lowest BCUT2D eigenvalue weighted by molar-refractivity contribution is -0.142. The third kappa shape index (κ3) is 9.40. The van der Waals surface area contributed by atoms with Crippen molar-refractivity contribution in [3.63, 3.8) is 0 Å². The number of rotatable bonds is 7. The molecule has 4 atom stereocenters. The van der Waals surface area contributed by atoms with Crippen LogP contribution in [0, 0.1) is 17.7 Å². The zero-order valence-corrected chi connectivity index (χ0v) is 31.7. The van der Waals surface area contributed by atoms with Gasteiger partial charge in [-0.05, 0) is 69.7 Å². The number of hydrogen-bond donors (Lipinski definition) is 2. The Morgan fingerprint density at radius 3 is 2.45 bits per heavy atom. The summed E-state index contributed by atoms with van der Waals surface area (Å²) in [7, 11) is -4.00. The molecule has 55 heavy (non-hydrogen) atoms. The van der Waals surface area contributed by atoms with E-state index in [1.165, 1.54) is 29.3 Å². The van der Waals surface area contributed by atoms with Crippen molar-refractivity contribution in [3.05, 3.63) is 59.1 Å². The number of fused-ring (bicyclic) bond motifs is 2. The Bertz CT molecular complexity index is 1970. The molecule has 2 aliphatic carbocycles. The topological polar surface area (TPSA) is 201 Å². The van der Waals surface area contributed by atoms with Crippen molar-refractivity contribution in [2.45, 2.75) is 108 Å². The lowest BCUT2D eigenvalue weighted by Gasteiger charge is -2.34. The lowest BCUT2D eigenvalue weighted by atomic mass is 9.94. The summed E-state index contributed by atoms with van der Waals surface area (Å²) in [6.45, 7) is 8.32. The molecule has 0 aromatic heterocycles. The number of hydrazine groups is 1. The van der Waals surface area contributed by atoms with E-state index < -0.39 is 93.5 Å². The minimum absolute atomic E-state index is 0.00950. The van der Waals surface area contributed by atoms with Crippen LogP contribution in [0.25, 0.3) is 0 Å².